The van der Waals surface area contributed by atoms with Crippen LogP contribution in [0, 0.1) is 6.92 Å². The van der Waals surface area contributed by atoms with Crippen molar-refractivity contribution in [2.75, 3.05) is 0 Å². The lowest BCUT2D eigenvalue weighted by molar-refractivity contribution is 0.878. The highest BCUT2D eigenvalue weighted by atomic mass is 32.1. The minimum absolute atomic E-state index is 0.591. The maximum absolute atomic E-state index is 2.30. The van der Waals surface area contributed by atoms with Crippen LogP contribution in [0.1, 0.15) is 30.9 Å². The van der Waals surface area contributed by atoms with Crippen molar-refractivity contribution in [3.05, 3.63) is 47.5 Å². The number of fused-ring (bicyclic) bond motifs is 3. The van der Waals surface area contributed by atoms with Crippen LogP contribution in [0.25, 0.3) is 20.2 Å². The van der Waals surface area contributed by atoms with Gasteiger partial charge in [0.15, 0.2) is 0 Å². The summed E-state index contributed by atoms with van der Waals surface area (Å²) in [5.41, 5.74) is 2.81. The molecule has 0 nitrogen and oxygen atoms in total. The third-order valence-corrected chi connectivity index (χ3v) is 4.54. The van der Waals surface area contributed by atoms with Gasteiger partial charge >= 0.3 is 0 Å². The Morgan fingerprint density at radius 1 is 1.00 bits per heavy atom. The van der Waals surface area contributed by atoms with Crippen LogP contribution in [0.5, 0.6) is 0 Å². The topological polar surface area (TPSA) is 0 Å². The van der Waals surface area contributed by atoms with Crippen LogP contribution in [0.3, 0.4) is 0 Å². The predicted molar refractivity (Wildman–Crippen MR) is 78.2 cm³/mol. The molecule has 0 bridgehead atoms. The minimum atomic E-state index is 0.591. The van der Waals surface area contributed by atoms with E-state index >= 15 is 0 Å². The monoisotopic (exact) mass is 240 g/mol. The Kier molecular flexibility index (Phi) is 2.44. The molecule has 1 aromatic heterocycles. The van der Waals surface area contributed by atoms with Crippen molar-refractivity contribution < 1.29 is 0 Å². The molecule has 0 radical (unpaired) electrons. The fraction of sp³-hybridized carbons (Fsp3) is 0.250. The van der Waals surface area contributed by atoms with E-state index in [1.165, 1.54) is 31.3 Å². The summed E-state index contributed by atoms with van der Waals surface area (Å²) in [6.07, 6.45) is 0. The molecular weight excluding hydrogens is 224 g/mol. The Morgan fingerprint density at radius 2 is 1.82 bits per heavy atom. The fourth-order valence-corrected chi connectivity index (χ4v) is 3.73. The summed E-state index contributed by atoms with van der Waals surface area (Å²) in [5.74, 6) is 0.591. The average molecular weight is 240 g/mol. The molecule has 3 aromatic rings. The number of benzene rings is 2. The van der Waals surface area contributed by atoms with E-state index in [1.807, 2.05) is 11.3 Å². The van der Waals surface area contributed by atoms with Crippen molar-refractivity contribution in [2.45, 2.75) is 26.7 Å². The van der Waals surface area contributed by atoms with E-state index in [0.717, 1.165) is 0 Å². The lowest BCUT2D eigenvalue weighted by Crippen LogP contribution is -1.85. The largest absolute Gasteiger partial charge is 0.135 e. The van der Waals surface area contributed by atoms with Gasteiger partial charge in [0.2, 0.25) is 0 Å². The van der Waals surface area contributed by atoms with Gasteiger partial charge in [-0.3, -0.25) is 0 Å². The SMILES string of the molecule is Cc1ccc2sc3c(C(C)C)cccc3c2c1. The van der Waals surface area contributed by atoms with Crippen LogP contribution in [0.15, 0.2) is 36.4 Å². The van der Waals surface area contributed by atoms with E-state index in [0.29, 0.717) is 5.92 Å². The highest BCUT2D eigenvalue weighted by Crippen LogP contribution is 2.38. The van der Waals surface area contributed by atoms with Crippen molar-refractivity contribution in [2.24, 2.45) is 0 Å². The Hall–Kier alpha value is -1.34. The normalized spacial score (nSPS) is 11.8. The predicted octanol–water partition coefficient (Wildman–Crippen LogP) is 5.49. The molecule has 0 N–H and O–H groups in total. The molecule has 17 heavy (non-hydrogen) atoms. The molecule has 0 saturated heterocycles. The maximum Gasteiger partial charge on any atom is 0.0390 e. The van der Waals surface area contributed by atoms with Gasteiger partial charge in [0.1, 0.15) is 0 Å². The molecule has 0 aliphatic carbocycles. The van der Waals surface area contributed by atoms with E-state index in [1.54, 1.807) is 0 Å². The number of thiophene rings is 1. The lowest BCUT2D eigenvalue weighted by atomic mass is 10.0. The van der Waals surface area contributed by atoms with Gasteiger partial charge in [-0.05, 0) is 30.5 Å². The first kappa shape index (κ1) is 10.8. The Bertz CT molecular complexity index is 689. The van der Waals surface area contributed by atoms with E-state index in [-0.39, 0.29) is 0 Å². The van der Waals surface area contributed by atoms with Crippen LogP contribution in [-0.2, 0) is 0 Å². The van der Waals surface area contributed by atoms with Gasteiger partial charge < -0.3 is 0 Å². The maximum atomic E-state index is 2.30. The minimum Gasteiger partial charge on any atom is -0.135 e. The van der Waals surface area contributed by atoms with Crippen LogP contribution < -0.4 is 0 Å². The molecule has 1 heteroatoms. The van der Waals surface area contributed by atoms with Gasteiger partial charge in [-0.25, -0.2) is 0 Å². The quantitative estimate of drug-likeness (QED) is 0.528. The summed E-state index contributed by atoms with van der Waals surface area (Å²) in [5, 5.41) is 2.83. The highest BCUT2D eigenvalue weighted by Gasteiger charge is 2.10. The molecule has 0 aliphatic rings. The van der Waals surface area contributed by atoms with E-state index in [4.69, 9.17) is 0 Å². The third-order valence-electron chi connectivity index (χ3n) is 3.30. The van der Waals surface area contributed by atoms with Crippen molar-refractivity contribution in [3.63, 3.8) is 0 Å². The zero-order valence-electron chi connectivity index (χ0n) is 10.4. The van der Waals surface area contributed by atoms with Crippen molar-refractivity contribution >= 4 is 31.5 Å². The molecule has 2 aromatic carbocycles. The highest BCUT2D eigenvalue weighted by molar-refractivity contribution is 7.26. The van der Waals surface area contributed by atoms with E-state index in [9.17, 15) is 0 Å². The molecule has 0 aliphatic heterocycles. The second-order valence-corrected chi connectivity index (χ2v) is 6.03. The molecule has 0 saturated carbocycles. The smallest absolute Gasteiger partial charge is 0.0390 e. The van der Waals surface area contributed by atoms with E-state index in [2.05, 4.69) is 57.2 Å². The molecular formula is C16H16S. The first-order valence-corrected chi connectivity index (χ1v) is 6.90. The van der Waals surface area contributed by atoms with Crippen LogP contribution >= 0.6 is 11.3 Å². The van der Waals surface area contributed by atoms with Crippen LogP contribution in [0.4, 0.5) is 0 Å². The summed E-state index contributed by atoms with van der Waals surface area (Å²) >= 11 is 1.93. The van der Waals surface area contributed by atoms with Gasteiger partial charge in [0.25, 0.3) is 0 Å². The number of rotatable bonds is 1. The van der Waals surface area contributed by atoms with Gasteiger partial charge in [-0.2, -0.15) is 0 Å². The standard InChI is InChI=1S/C16H16S/c1-10(2)12-5-4-6-13-14-9-11(3)7-8-15(14)17-16(12)13/h4-10H,1-3H3. The number of hydrogen-bond acceptors (Lipinski definition) is 1. The molecule has 0 atom stereocenters. The van der Waals surface area contributed by atoms with Crippen LogP contribution in [0.2, 0.25) is 0 Å². The van der Waals surface area contributed by atoms with Crippen molar-refractivity contribution in [1.82, 2.24) is 0 Å². The summed E-state index contributed by atoms with van der Waals surface area (Å²) in [4.78, 5) is 0. The lowest BCUT2D eigenvalue weighted by Gasteiger charge is -2.05. The van der Waals surface area contributed by atoms with Crippen molar-refractivity contribution in [3.8, 4) is 0 Å². The van der Waals surface area contributed by atoms with Crippen molar-refractivity contribution in [1.29, 1.82) is 0 Å². The average Bonchev–Trinajstić information content (AvgIpc) is 2.66. The molecule has 86 valence electrons. The Morgan fingerprint density at radius 3 is 2.59 bits per heavy atom. The van der Waals surface area contributed by atoms with Gasteiger partial charge in [0.05, 0.1) is 0 Å². The molecule has 0 spiro atoms. The Labute approximate surface area is 106 Å². The van der Waals surface area contributed by atoms with Gasteiger partial charge in [0, 0.05) is 20.2 Å². The molecule has 1 heterocycles. The fourth-order valence-electron chi connectivity index (χ4n) is 2.39. The zero-order chi connectivity index (χ0) is 12.0. The first-order valence-electron chi connectivity index (χ1n) is 6.08. The second kappa shape index (κ2) is 3.85. The first-order chi connectivity index (χ1) is 8.16. The summed E-state index contributed by atoms with van der Waals surface area (Å²) in [7, 11) is 0. The molecule has 0 amide bonds. The third kappa shape index (κ3) is 1.66. The number of hydrogen-bond donors (Lipinski definition) is 0. The molecule has 0 fully saturated rings. The van der Waals surface area contributed by atoms with Gasteiger partial charge in [-0.15, -0.1) is 11.3 Å². The number of aryl methyl sites for hydroxylation is 1. The molecule has 3 rings (SSSR count). The summed E-state index contributed by atoms with van der Waals surface area (Å²) in [6, 6.07) is 13.4. The summed E-state index contributed by atoms with van der Waals surface area (Å²) in [6.45, 7) is 6.70. The Balaban J connectivity index is 2.47. The molecule has 0 unspecified atom stereocenters. The van der Waals surface area contributed by atoms with Crippen LogP contribution in [-0.4, -0.2) is 0 Å². The second-order valence-electron chi connectivity index (χ2n) is 4.98. The van der Waals surface area contributed by atoms with Gasteiger partial charge in [-0.1, -0.05) is 43.7 Å². The zero-order valence-corrected chi connectivity index (χ0v) is 11.3. The summed E-state index contributed by atoms with van der Waals surface area (Å²) < 4.78 is 2.86. The van der Waals surface area contributed by atoms with E-state index < -0.39 is 0 Å².